The molecule has 1 amide bonds. The van der Waals surface area contributed by atoms with Crippen molar-refractivity contribution in [3.63, 3.8) is 0 Å². The second kappa shape index (κ2) is 8.52. The Bertz CT molecular complexity index is 830. The zero-order valence-corrected chi connectivity index (χ0v) is 17.5. The highest BCUT2D eigenvalue weighted by Gasteiger charge is 2.20. The van der Waals surface area contributed by atoms with Crippen LogP contribution in [0, 0.1) is 5.92 Å². The van der Waals surface area contributed by atoms with Gasteiger partial charge in [0.15, 0.2) is 11.5 Å². The lowest BCUT2D eigenvalue weighted by Crippen LogP contribution is -2.41. The second-order valence-corrected chi connectivity index (χ2v) is 8.50. The Balaban J connectivity index is 2.38. The van der Waals surface area contributed by atoms with Gasteiger partial charge in [-0.25, -0.2) is 10.8 Å². The predicted octanol–water partition coefficient (Wildman–Crippen LogP) is 3.13. The number of nitrogens with one attached hydrogen (secondary N) is 1. The van der Waals surface area contributed by atoms with E-state index in [4.69, 9.17) is 11.6 Å². The lowest BCUT2D eigenvalue weighted by atomic mass is 9.92. The van der Waals surface area contributed by atoms with Crippen LogP contribution in [0.25, 0.3) is 0 Å². The van der Waals surface area contributed by atoms with Crippen molar-refractivity contribution in [2.24, 2.45) is 17.5 Å². The average Bonchev–Trinajstić information content (AvgIpc) is 2.59. The molecule has 0 aromatic carbocycles. The number of carbonyl (C=O) groups excluding carboxylic acids is 1. The number of nitrogens with two attached hydrogens (primary N) is 2. The monoisotopic (exact) mass is 385 g/mol. The van der Waals surface area contributed by atoms with Gasteiger partial charge in [0.2, 0.25) is 0 Å². The van der Waals surface area contributed by atoms with E-state index in [0.29, 0.717) is 23.2 Å². The molecule has 5 N–H and O–H groups in total. The largest absolute Gasteiger partial charge is 0.364 e. The molecule has 0 fully saturated rings. The Morgan fingerprint density at radius 2 is 1.89 bits per heavy atom. The molecule has 1 atom stereocenters. The molecule has 2 rings (SSSR count). The fourth-order valence-corrected chi connectivity index (χ4v) is 2.87. The third kappa shape index (κ3) is 5.39. The molecule has 8 nitrogen and oxygen atoms in total. The van der Waals surface area contributed by atoms with Gasteiger partial charge in [-0.1, -0.05) is 40.7 Å². The Hall–Kier alpha value is -2.74. The molecule has 0 saturated heterocycles. The maximum Gasteiger partial charge on any atom is 0.271 e. The molecule has 28 heavy (non-hydrogen) atoms. The van der Waals surface area contributed by atoms with Gasteiger partial charge >= 0.3 is 0 Å². The van der Waals surface area contributed by atoms with Crippen LogP contribution in [0.15, 0.2) is 24.3 Å². The number of primary amides is 1. The van der Waals surface area contributed by atoms with Crippen molar-refractivity contribution in [3.8, 4) is 0 Å². The third-order valence-electron chi connectivity index (χ3n) is 4.35. The fourth-order valence-electron chi connectivity index (χ4n) is 2.87. The quantitative estimate of drug-likeness (QED) is 0.494. The number of hydrogen-bond acceptors (Lipinski definition) is 7. The number of amides is 1. The zero-order valence-electron chi connectivity index (χ0n) is 17.5. The van der Waals surface area contributed by atoms with Crippen LogP contribution in [0.2, 0.25) is 0 Å². The predicted molar refractivity (Wildman–Crippen MR) is 112 cm³/mol. The standard InChI is InChI=1S/C20H31N7O/c1-12(2)10-13(3)27(22)17-11-14(18(19(21)28)26-25-17)23-16-9-7-8-15(24-16)20(4,5)6/h7-9,11-13H,10,22H2,1-6H3,(H2,21,28)(H,23,24,25). The van der Waals surface area contributed by atoms with E-state index >= 15 is 0 Å². The number of anilines is 3. The van der Waals surface area contributed by atoms with Crippen LogP contribution < -0.4 is 21.9 Å². The van der Waals surface area contributed by atoms with E-state index in [1.807, 2.05) is 25.1 Å². The lowest BCUT2D eigenvalue weighted by Gasteiger charge is -2.26. The topological polar surface area (TPSA) is 123 Å². The van der Waals surface area contributed by atoms with Crippen molar-refractivity contribution in [1.82, 2.24) is 15.2 Å². The molecule has 0 spiro atoms. The normalized spacial score (nSPS) is 12.7. The van der Waals surface area contributed by atoms with Crippen molar-refractivity contribution in [2.45, 2.75) is 59.4 Å². The number of hydrogen-bond donors (Lipinski definition) is 3. The summed E-state index contributed by atoms with van der Waals surface area (Å²) in [4.78, 5) is 16.4. The van der Waals surface area contributed by atoms with Crippen molar-refractivity contribution < 1.29 is 4.79 Å². The minimum atomic E-state index is -0.674. The summed E-state index contributed by atoms with van der Waals surface area (Å²) in [6, 6.07) is 7.43. The highest BCUT2D eigenvalue weighted by atomic mass is 16.1. The van der Waals surface area contributed by atoms with Gasteiger partial charge in [0.1, 0.15) is 5.82 Å². The van der Waals surface area contributed by atoms with E-state index < -0.39 is 5.91 Å². The van der Waals surface area contributed by atoms with E-state index in [9.17, 15) is 4.79 Å². The first-order valence-corrected chi connectivity index (χ1v) is 9.45. The first kappa shape index (κ1) is 21.6. The van der Waals surface area contributed by atoms with Crippen molar-refractivity contribution in [1.29, 1.82) is 0 Å². The van der Waals surface area contributed by atoms with Gasteiger partial charge in [-0.05, 0) is 31.4 Å². The first-order valence-electron chi connectivity index (χ1n) is 9.45. The smallest absolute Gasteiger partial charge is 0.271 e. The molecule has 2 heterocycles. The van der Waals surface area contributed by atoms with Crippen LogP contribution in [0.5, 0.6) is 0 Å². The molecule has 0 radical (unpaired) electrons. The van der Waals surface area contributed by atoms with Crippen LogP contribution in [0.1, 0.15) is 64.1 Å². The molecule has 0 aliphatic carbocycles. The Morgan fingerprint density at radius 1 is 1.21 bits per heavy atom. The summed E-state index contributed by atoms with van der Waals surface area (Å²) < 4.78 is 0. The van der Waals surface area contributed by atoms with E-state index in [0.717, 1.165) is 12.1 Å². The summed E-state index contributed by atoms with van der Waals surface area (Å²) in [5, 5.41) is 12.8. The van der Waals surface area contributed by atoms with Gasteiger partial charge in [-0.2, -0.15) is 0 Å². The van der Waals surface area contributed by atoms with Crippen LogP contribution >= 0.6 is 0 Å². The van der Waals surface area contributed by atoms with Gasteiger partial charge in [0.05, 0.1) is 5.69 Å². The molecular formula is C20H31N7O. The summed E-state index contributed by atoms with van der Waals surface area (Å²) in [6.07, 6.45) is 0.897. The lowest BCUT2D eigenvalue weighted by molar-refractivity contribution is 0.0995. The highest BCUT2D eigenvalue weighted by Crippen LogP contribution is 2.26. The SMILES string of the molecule is CC(C)CC(C)N(N)c1cc(Nc2cccc(C(C)(C)C)n2)c(C(N)=O)nn1. The molecule has 0 aliphatic rings. The molecule has 0 bridgehead atoms. The Morgan fingerprint density at radius 3 is 2.46 bits per heavy atom. The summed E-state index contributed by atoms with van der Waals surface area (Å²) in [6.45, 7) is 12.5. The molecular weight excluding hydrogens is 354 g/mol. The number of aromatic nitrogens is 3. The molecule has 2 aromatic rings. The number of nitrogens with zero attached hydrogens (tertiary/aromatic N) is 4. The number of pyridine rings is 1. The van der Waals surface area contributed by atoms with Gasteiger partial charge in [0.25, 0.3) is 5.91 Å². The summed E-state index contributed by atoms with van der Waals surface area (Å²) in [7, 11) is 0. The maximum absolute atomic E-state index is 11.8. The van der Waals surface area contributed by atoms with Gasteiger partial charge in [0, 0.05) is 23.2 Å². The van der Waals surface area contributed by atoms with E-state index in [1.54, 1.807) is 11.1 Å². The molecule has 8 heteroatoms. The molecule has 1 unspecified atom stereocenters. The molecule has 2 aromatic heterocycles. The van der Waals surface area contributed by atoms with Crippen LogP contribution in [-0.4, -0.2) is 27.1 Å². The molecule has 0 saturated carbocycles. The van der Waals surface area contributed by atoms with Crippen molar-refractivity contribution in [2.75, 3.05) is 10.3 Å². The van der Waals surface area contributed by atoms with Crippen molar-refractivity contribution >= 4 is 23.2 Å². The number of hydrazine groups is 1. The minimum Gasteiger partial charge on any atom is -0.364 e. The molecule has 0 aliphatic heterocycles. The number of rotatable bonds is 7. The molecule has 152 valence electrons. The second-order valence-electron chi connectivity index (χ2n) is 8.50. The van der Waals surface area contributed by atoms with Crippen molar-refractivity contribution in [3.05, 3.63) is 35.7 Å². The van der Waals surface area contributed by atoms with Gasteiger partial charge in [-0.15, -0.1) is 10.2 Å². The summed E-state index contributed by atoms with van der Waals surface area (Å²) in [5.41, 5.74) is 6.75. The Kier molecular flexibility index (Phi) is 6.56. The van der Waals surface area contributed by atoms with Crippen LogP contribution in [0.3, 0.4) is 0 Å². The number of carbonyl (C=O) groups is 1. The summed E-state index contributed by atoms with van der Waals surface area (Å²) in [5.74, 6) is 7.08. The third-order valence-corrected chi connectivity index (χ3v) is 4.35. The average molecular weight is 386 g/mol. The van der Waals surface area contributed by atoms with E-state index in [-0.39, 0.29) is 17.2 Å². The zero-order chi connectivity index (χ0) is 21.1. The van der Waals surface area contributed by atoms with Gasteiger partial charge < -0.3 is 11.1 Å². The van der Waals surface area contributed by atoms with Crippen LogP contribution in [-0.2, 0) is 5.41 Å². The Labute approximate surface area is 166 Å². The fraction of sp³-hybridized carbons (Fsp3) is 0.500. The maximum atomic E-state index is 11.8. The summed E-state index contributed by atoms with van der Waals surface area (Å²) >= 11 is 0. The van der Waals surface area contributed by atoms with E-state index in [1.165, 1.54) is 0 Å². The van der Waals surface area contributed by atoms with E-state index in [2.05, 4.69) is 55.1 Å². The first-order chi connectivity index (χ1) is 13.0. The highest BCUT2D eigenvalue weighted by molar-refractivity contribution is 5.97. The van der Waals surface area contributed by atoms with Gasteiger partial charge in [-0.3, -0.25) is 9.80 Å². The minimum absolute atomic E-state index is 0.0385. The van der Waals surface area contributed by atoms with Crippen LogP contribution in [0.4, 0.5) is 17.3 Å².